The lowest BCUT2D eigenvalue weighted by Crippen LogP contribution is -2.70. The molecule has 3 aliphatic rings. The van der Waals surface area contributed by atoms with E-state index in [1.807, 2.05) is 63.2 Å². The highest BCUT2D eigenvalue weighted by atomic mass is 16.7. The summed E-state index contributed by atoms with van der Waals surface area (Å²) in [6.07, 6.45) is 20.3. The molecule has 2 aromatic carbocycles. The number of allylic oxidation sites excluding steroid dienone is 1. The summed E-state index contributed by atoms with van der Waals surface area (Å²) in [4.78, 5) is 36.0. The van der Waals surface area contributed by atoms with Crippen molar-refractivity contribution in [1.29, 1.82) is 0 Å². The third kappa shape index (κ3) is 15.3. The number of hydrogen-bond acceptors (Lipinski definition) is 10. The number of benzene rings is 2. The van der Waals surface area contributed by atoms with Gasteiger partial charge in [-0.15, -0.1) is 6.58 Å². The van der Waals surface area contributed by atoms with E-state index in [0.717, 1.165) is 67.4 Å². The highest BCUT2D eigenvalue weighted by Crippen LogP contribution is 2.62. The van der Waals surface area contributed by atoms with Gasteiger partial charge in [-0.05, 0) is 100 Å². The van der Waals surface area contributed by atoms with Crippen molar-refractivity contribution in [2.24, 2.45) is 22.9 Å². The van der Waals surface area contributed by atoms with Gasteiger partial charge in [-0.1, -0.05) is 132 Å². The molecule has 12 nitrogen and oxygen atoms in total. The molecule has 12 heteroatoms. The Hall–Kier alpha value is -4.39. The van der Waals surface area contributed by atoms with Gasteiger partial charge in [0.15, 0.2) is 0 Å². The van der Waals surface area contributed by atoms with Crippen molar-refractivity contribution in [3.05, 3.63) is 84.0 Å². The SMILES string of the molecule is C=CCO[C@@]12Oc3ccc(OC(=O)NCc4ccccc4)cc3[C@H]3[C@H](CCCCO)[C@@H](CCCCO)C=C(C(=NOC(C)(C)C)C[C@@H]1N(CCC)C(=O)OCCCCCCCCCCCC)[C@H]32. The highest BCUT2D eigenvalue weighted by molar-refractivity contribution is 6.03. The smallest absolute Gasteiger partial charge is 0.412 e. The Morgan fingerprint density at radius 3 is 2.24 bits per heavy atom. The second kappa shape index (κ2) is 27.6. The lowest BCUT2D eigenvalue weighted by molar-refractivity contribution is -0.255. The van der Waals surface area contributed by atoms with Gasteiger partial charge in [-0.25, -0.2) is 9.59 Å². The van der Waals surface area contributed by atoms with Crippen LogP contribution in [0.1, 0.15) is 167 Å². The number of oxime groups is 1. The van der Waals surface area contributed by atoms with E-state index in [1.54, 1.807) is 17.0 Å². The molecule has 1 fully saturated rings. The third-order valence-corrected chi connectivity index (χ3v) is 13.4. The van der Waals surface area contributed by atoms with E-state index in [9.17, 15) is 19.8 Å². The number of nitrogens with zero attached hydrogens (tertiary/aromatic N) is 2. The Bertz CT molecular complexity index is 1880. The minimum Gasteiger partial charge on any atom is -0.459 e. The molecule has 372 valence electrons. The molecule has 2 amide bonds. The first kappa shape index (κ1) is 53.6. The van der Waals surface area contributed by atoms with Crippen molar-refractivity contribution < 1.29 is 43.6 Å². The number of carbonyl (C=O) groups is 2. The van der Waals surface area contributed by atoms with Crippen molar-refractivity contribution in [2.45, 2.75) is 180 Å². The summed E-state index contributed by atoms with van der Waals surface area (Å²) in [5.74, 6) is -1.16. The number of unbranched alkanes of at least 4 members (excludes halogenated alkanes) is 11. The zero-order valence-electron chi connectivity index (χ0n) is 41.5. The van der Waals surface area contributed by atoms with E-state index in [1.165, 1.54) is 44.9 Å². The summed E-state index contributed by atoms with van der Waals surface area (Å²) in [6.45, 7) is 15.6. The first-order valence-electron chi connectivity index (χ1n) is 25.7. The third-order valence-electron chi connectivity index (χ3n) is 13.4. The number of ether oxygens (including phenoxy) is 4. The maximum absolute atomic E-state index is 14.6. The first-order chi connectivity index (χ1) is 32.5. The van der Waals surface area contributed by atoms with Crippen LogP contribution in [-0.4, -0.2) is 83.4 Å². The van der Waals surface area contributed by atoms with E-state index >= 15 is 0 Å². The van der Waals surface area contributed by atoms with E-state index in [4.69, 9.17) is 28.9 Å². The molecule has 0 bridgehead atoms. The molecule has 0 spiro atoms. The van der Waals surface area contributed by atoms with Crippen LogP contribution in [0.25, 0.3) is 0 Å². The number of carbonyl (C=O) groups excluding carboxylic acids is 2. The molecule has 67 heavy (non-hydrogen) atoms. The molecule has 0 radical (unpaired) electrons. The number of fused-ring (bicyclic) bond motifs is 2. The van der Waals surface area contributed by atoms with Crippen LogP contribution in [-0.2, 0) is 20.9 Å². The van der Waals surface area contributed by atoms with Crippen LogP contribution in [0.5, 0.6) is 11.5 Å². The van der Waals surface area contributed by atoms with Crippen LogP contribution in [0.3, 0.4) is 0 Å². The number of rotatable bonds is 29. The predicted octanol–water partition coefficient (Wildman–Crippen LogP) is 12.2. The van der Waals surface area contributed by atoms with Crippen LogP contribution in [0.4, 0.5) is 9.59 Å². The van der Waals surface area contributed by atoms with Crippen molar-refractivity contribution in [3.63, 3.8) is 0 Å². The van der Waals surface area contributed by atoms with Crippen LogP contribution in [0, 0.1) is 17.8 Å². The molecule has 1 saturated carbocycles. The molecular weight excluding hydrogens is 847 g/mol. The number of aliphatic hydroxyl groups excluding tert-OH is 2. The molecule has 2 aromatic rings. The Kier molecular flexibility index (Phi) is 22.0. The first-order valence-corrected chi connectivity index (χ1v) is 25.7. The summed E-state index contributed by atoms with van der Waals surface area (Å²) in [7, 11) is 0. The van der Waals surface area contributed by atoms with Gasteiger partial charge in [0.1, 0.15) is 23.1 Å². The van der Waals surface area contributed by atoms with Gasteiger partial charge in [0.2, 0.25) is 5.79 Å². The lowest BCUT2D eigenvalue weighted by atomic mass is 9.55. The zero-order valence-corrected chi connectivity index (χ0v) is 41.5. The highest BCUT2D eigenvalue weighted by Gasteiger charge is 2.65. The van der Waals surface area contributed by atoms with Gasteiger partial charge < -0.3 is 39.3 Å². The summed E-state index contributed by atoms with van der Waals surface area (Å²) >= 11 is 0. The Morgan fingerprint density at radius 2 is 1.58 bits per heavy atom. The standard InChI is InChI=1S/C55H83N3O9/c1-7-10-11-12-13-14-15-16-17-25-36-63-53(62)58(32-8-2)49-39-47(57-67-54(4,5)6)45-37-42(28-21-23-33-59)44(29-22-24-34-60)50-46-38-43(65-52(61)56-40-41-26-19-18-20-27-41)30-31-48(46)66-55(49,51(45)50)64-35-9-3/h9,18-20,26-27,30-31,37-38,42,44,49-51,59-60H,3,7-8,10-17,21-25,28-29,32-36,39-40H2,1-2,4-6H3,(H,56,61)/t42-,44+,49-,50+,51+,55+/m0/s1. The summed E-state index contributed by atoms with van der Waals surface area (Å²) < 4.78 is 26.6. The summed E-state index contributed by atoms with van der Waals surface area (Å²) in [5, 5.41) is 27.8. The molecule has 6 atom stereocenters. The van der Waals surface area contributed by atoms with E-state index in [0.29, 0.717) is 50.5 Å². The fourth-order valence-corrected chi connectivity index (χ4v) is 10.3. The second-order valence-electron chi connectivity index (χ2n) is 19.7. The second-order valence-corrected chi connectivity index (χ2v) is 19.7. The molecule has 1 aliphatic heterocycles. The van der Waals surface area contributed by atoms with E-state index in [2.05, 4.69) is 31.8 Å². The van der Waals surface area contributed by atoms with E-state index in [-0.39, 0.29) is 44.0 Å². The van der Waals surface area contributed by atoms with Crippen molar-refractivity contribution >= 4 is 17.9 Å². The Balaban J connectivity index is 1.57. The minimum absolute atomic E-state index is 0.0157. The topological polar surface area (TPSA) is 148 Å². The quantitative estimate of drug-likeness (QED) is 0.0412. The molecule has 1 heterocycles. The maximum Gasteiger partial charge on any atom is 0.412 e. The normalized spacial score (nSPS) is 22.5. The maximum atomic E-state index is 14.6. The fraction of sp³-hybridized carbons (Fsp3) is 0.655. The van der Waals surface area contributed by atoms with Crippen molar-refractivity contribution in [2.75, 3.05) is 33.0 Å². The molecule has 0 unspecified atom stereocenters. The van der Waals surface area contributed by atoms with Gasteiger partial charge >= 0.3 is 12.2 Å². The number of hydrogen-bond donors (Lipinski definition) is 3. The number of amides is 2. The van der Waals surface area contributed by atoms with Crippen molar-refractivity contribution in [1.82, 2.24) is 10.2 Å². The lowest BCUT2D eigenvalue weighted by Gasteiger charge is -2.60. The van der Waals surface area contributed by atoms with Crippen LogP contribution in [0.2, 0.25) is 0 Å². The molecule has 2 aliphatic carbocycles. The molecule has 0 saturated heterocycles. The Morgan fingerprint density at radius 1 is 0.896 bits per heavy atom. The van der Waals surface area contributed by atoms with Gasteiger partial charge in [0, 0.05) is 44.2 Å². The number of aliphatic hydroxyl groups is 2. The van der Waals surface area contributed by atoms with Gasteiger partial charge in [-0.3, -0.25) is 4.90 Å². The fourth-order valence-electron chi connectivity index (χ4n) is 10.3. The van der Waals surface area contributed by atoms with Gasteiger partial charge in [0.05, 0.1) is 24.8 Å². The average Bonchev–Trinajstić information content (AvgIpc) is 3.31. The number of nitrogens with one attached hydrogen (secondary N) is 1. The van der Waals surface area contributed by atoms with Crippen molar-refractivity contribution in [3.8, 4) is 11.5 Å². The predicted molar refractivity (Wildman–Crippen MR) is 265 cm³/mol. The largest absolute Gasteiger partial charge is 0.459 e. The molecule has 5 rings (SSSR count). The van der Waals surface area contributed by atoms with Gasteiger partial charge in [-0.2, -0.15) is 0 Å². The summed E-state index contributed by atoms with van der Waals surface area (Å²) in [5.41, 5.74) is 2.88. The average molecular weight is 930 g/mol. The molecular formula is C55H83N3O9. The zero-order chi connectivity index (χ0) is 48.1. The molecule has 3 N–H and O–H groups in total. The van der Waals surface area contributed by atoms with Crippen LogP contribution >= 0.6 is 0 Å². The minimum atomic E-state index is -1.41. The molecule has 0 aromatic heterocycles. The van der Waals surface area contributed by atoms with E-state index < -0.39 is 35.5 Å². The Labute approximate surface area is 401 Å². The summed E-state index contributed by atoms with van der Waals surface area (Å²) in [6, 6.07) is 14.5. The van der Waals surface area contributed by atoms with Crippen LogP contribution in [0.15, 0.2) is 78.0 Å². The van der Waals surface area contributed by atoms with Gasteiger partial charge in [0.25, 0.3) is 0 Å². The van der Waals surface area contributed by atoms with Crippen LogP contribution < -0.4 is 14.8 Å². The monoisotopic (exact) mass is 930 g/mol.